The number of fused-ring (bicyclic) bond motifs is 1. The number of rotatable bonds is 3. The molecule has 9 heteroatoms. The largest absolute Gasteiger partial charge is 0.525 e. The number of carboxylic acid groups (broad SMARTS) is 1. The molecule has 2 N–H and O–H groups in total. The molecule has 1 aromatic rings. The van der Waals surface area contributed by atoms with Gasteiger partial charge in [0.05, 0.1) is 6.42 Å². The highest BCUT2D eigenvalue weighted by molar-refractivity contribution is 8.11. The van der Waals surface area contributed by atoms with Crippen molar-refractivity contribution in [2.24, 2.45) is 0 Å². The molecule has 1 aromatic heterocycles. The summed E-state index contributed by atoms with van der Waals surface area (Å²) in [6.45, 7) is 0. The normalized spacial score (nSPS) is 24.1. The lowest BCUT2D eigenvalue weighted by atomic mass is 10.2. The number of β-lactam (4-membered cyclic amide) rings is 1. The van der Waals surface area contributed by atoms with E-state index in [0.717, 1.165) is 5.57 Å². The van der Waals surface area contributed by atoms with Crippen molar-refractivity contribution in [2.45, 2.75) is 16.8 Å². The molecule has 0 aliphatic carbocycles. The second kappa shape index (κ2) is 5.57. The van der Waals surface area contributed by atoms with Gasteiger partial charge in [-0.25, -0.2) is 5.10 Å². The highest BCUT2D eigenvalue weighted by atomic mass is 32.2. The summed E-state index contributed by atoms with van der Waals surface area (Å²) in [5.74, 6) is 0.995. The van der Waals surface area contributed by atoms with Crippen LogP contribution in [-0.4, -0.2) is 48.3 Å². The minimum Gasteiger partial charge on any atom is -0.441 e. The smallest absolute Gasteiger partial charge is 0.441 e. The van der Waals surface area contributed by atoms with E-state index in [0.29, 0.717) is 23.0 Å². The quantitative estimate of drug-likeness (QED) is 0.479. The summed E-state index contributed by atoms with van der Waals surface area (Å²) >= 11 is 1.40. The van der Waals surface area contributed by atoms with Gasteiger partial charge in [0, 0.05) is 23.6 Å². The highest BCUT2D eigenvalue weighted by Gasteiger charge is 2.54. The second-order valence-corrected chi connectivity index (χ2v) is 7.67. The fraction of sp³-hybridized carbons (Fsp3) is 0.333. The van der Waals surface area contributed by atoms with Crippen molar-refractivity contribution in [3.05, 3.63) is 34.3 Å². The van der Waals surface area contributed by atoms with Crippen LogP contribution >= 0.6 is 11.8 Å². The average molecular weight is 326 g/mol. The zero-order valence-corrected chi connectivity index (χ0v) is 12.4. The van der Waals surface area contributed by atoms with E-state index in [-0.39, 0.29) is 16.8 Å². The van der Waals surface area contributed by atoms with E-state index in [1.165, 1.54) is 22.7 Å². The first-order valence-corrected chi connectivity index (χ1v) is 8.61. The molecule has 1 saturated heterocycles. The molecule has 110 valence electrons. The van der Waals surface area contributed by atoms with E-state index in [2.05, 4.69) is 10.2 Å². The number of hydrogen-bond acceptors (Lipinski definition) is 5. The number of thioether (sulfide) groups is 1. The zero-order chi connectivity index (χ0) is 15.0. The summed E-state index contributed by atoms with van der Waals surface area (Å²) in [5, 5.41) is 15.1. The number of nitrogens with zero attached hydrogens (tertiary/aromatic N) is 2. The SMILES string of the molecule is O=C1C[C@@H]2N1C=C(CSc1ccc(=O)[nH]n1)C[S+]2C(=O)O. The van der Waals surface area contributed by atoms with E-state index in [4.69, 9.17) is 0 Å². The van der Waals surface area contributed by atoms with Crippen molar-refractivity contribution in [1.82, 2.24) is 15.1 Å². The van der Waals surface area contributed by atoms with Crippen LogP contribution in [0.2, 0.25) is 0 Å². The lowest BCUT2D eigenvalue weighted by Crippen LogP contribution is -2.58. The molecule has 1 amide bonds. The predicted molar refractivity (Wildman–Crippen MR) is 79.2 cm³/mol. The summed E-state index contributed by atoms with van der Waals surface area (Å²) in [6, 6.07) is 3.00. The molecule has 1 fully saturated rings. The van der Waals surface area contributed by atoms with Gasteiger partial charge in [-0.05, 0) is 6.07 Å². The molecule has 21 heavy (non-hydrogen) atoms. The van der Waals surface area contributed by atoms with Gasteiger partial charge in [0.2, 0.25) is 11.3 Å². The van der Waals surface area contributed by atoms with Gasteiger partial charge in [-0.2, -0.15) is 9.89 Å². The summed E-state index contributed by atoms with van der Waals surface area (Å²) in [5.41, 5.74) is 0.640. The van der Waals surface area contributed by atoms with E-state index in [1.807, 2.05) is 0 Å². The Balaban J connectivity index is 1.70. The highest BCUT2D eigenvalue weighted by Crippen LogP contribution is 2.34. The van der Waals surface area contributed by atoms with E-state index in [9.17, 15) is 19.5 Å². The number of carbonyl (C=O) groups is 2. The van der Waals surface area contributed by atoms with Crippen molar-refractivity contribution in [3.63, 3.8) is 0 Å². The summed E-state index contributed by atoms with van der Waals surface area (Å²) in [7, 11) is -0.835. The van der Waals surface area contributed by atoms with Crippen molar-refractivity contribution >= 4 is 33.9 Å². The first-order valence-electron chi connectivity index (χ1n) is 6.16. The number of carbonyl (C=O) groups excluding carboxylic acids is 1. The van der Waals surface area contributed by atoms with E-state index >= 15 is 0 Å². The molecular weight excluding hydrogens is 314 g/mol. The standard InChI is InChI=1S/C12H11N3O4S2/c16-8-1-2-9(14-13-8)20-5-7-4-15-10(17)3-11(15)21(6-7)12(18)19/h1-2,4,11H,3,5-6H2,(H-,13,16,18,19)/p+1/t11-,21?/m1/s1. The average Bonchev–Trinajstić information content (AvgIpc) is 2.46. The third kappa shape index (κ3) is 2.84. The first-order chi connectivity index (χ1) is 10.0. The van der Waals surface area contributed by atoms with Crippen LogP contribution in [-0.2, 0) is 15.7 Å². The van der Waals surface area contributed by atoms with Crippen molar-refractivity contribution < 1.29 is 14.7 Å². The fourth-order valence-corrected chi connectivity index (χ4v) is 4.99. The molecule has 3 heterocycles. The van der Waals surface area contributed by atoms with Gasteiger partial charge in [0.15, 0.2) is 0 Å². The summed E-state index contributed by atoms with van der Waals surface area (Å²) in [6.07, 6.45) is 2.09. The molecular formula is C12H12N3O4S2+. The molecule has 0 aromatic carbocycles. The molecule has 2 aliphatic heterocycles. The summed E-state index contributed by atoms with van der Waals surface area (Å²) in [4.78, 5) is 35.3. The number of aromatic nitrogens is 2. The lowest BCUT2D eigenvalue weighted by molar-refractivity contribution is -0.137. The van der Waals surface area contributed by atoms with Gasteiger partial charge in [-0.15, -0.1) is 0 Å². The number of aromatic amines is 1. The molecule has 7 nitrogen and oxygen atoms in total. The molecule has 0 spiro atoms. The van der Waals surface area contributed by atoms with Crippen LogP contribution in [0.3, 0.4) is 0 Å². The number of hydrogen-bond donors (Lipinski definition) is 2. The molecule has 2 aliphatic rings. The molecule has 3 rings (SSSR count). The van der Waals surface area contributed by atoms with Gasteiger partial charge < -0.3 is 5.11 Å². The maximum Gasteiger partial charge on any atom is 0.525 e. The van der Waals surface area contributed by atoms with Crippen LogP contribution < -0.4 is 5.56 Å². The van der Waals surface area contributed by atoms with E-state index < -0.39 is 16.2 Å². The summed E-state index contributed by atoms with van der Waals surface area (Å²) < 4.78 is 0. The van der Waals surface area contributed by atoms with Gasteiger partial charge in [0.1, 0.15) is 21.7 Å². The molecule has 0 bridgehead atoms. The molecule has 2 atom stereocenters. The monoisotopic (exact) mass is 326 g/mol. The molecule has 1 unspecified atom stereocenters. The maximum absolute atomic E-state index is 11.5. The van der Waals surface area contributed by atoms with Gasteiger partial charge in [-0.1, -0.05) is 11.8 Å². The van der Waals surface area contributed by atoms with Crippen LogP contribution in [0.4, 0.5) is 4.79 Å². The Morgan fingerprint density at radius 3 is 2.95 bits per heavy atom. The Morgan fingerprint density at radius 2 is 2.33 bits per heavy atom. The van der Waals surface area contributed by atoms with Crippen LogP contribution in [0, 0.1) is 0 Å². The Bertz CT molecular complexity index is 667. The number of H-pyrrole nitrogens is 1. The zero-order valence-electron chi connectivity index (χ0n) is 10.8. The van der Waals surface area contributed by atoms with Crippen molar-refractivity contribution in [3.8, 4) is 0 Å². The fourth-order valence-electron chi connectivity index (χ4n) is 2.16. The Labute approximate surface area is 126 Å². The van der Waals surface area contributed by atoms with Crippen LogP contribution in [0.25, 0.3) is 0 Å². The minimum absolute atomic E-state index is 0.0249. The minimum atomic E-state index is -0.838. The van der Waals surface area contributed by atoms with Crippen LogP contribution in [0.1, 0.15) is 6.42 Å². The van der Waals surface area contributed by atoms with Crippen LogP contribution in [0.15, 0.2) is 33.7 Å². The van der Waals surface area contributed by atoms with Gasteiger partial charge in [0.25, 0.3) is 5.56 Å². The second-order valence-electron chi connectivity index (χ2n) is 4.63. The number of nitrogens with one attached hydrogen (secondary N) is 1. The van der Waals surface area contributed by atoms with Gasteiger partial charge in [-0.3, -0.25) is 14.5 Å². The third-order valence-corrected chi connectivity index (χ3v) is 6.44. The van der Waals surface area contributed by atoms with Crippen LogP contribution in [0.5, 0.6) is 0 Å². The maximum atomic E-state index is 11.5. The Hall–Kier alpha value is -1.74. The molecule has 0 radical (unpaired) electrons. The Morgan fingerprint density at radius 1 is 1.52 bits per heavy atom. The topological polar surface area (TPSA) is 103 Å². The third-order valence-electron chi connectivity index (χ3n) is 3.22. The van der Waals surface area contributed by atoms with E-state index in [1.54, 1.807) is 12.3 Å². The van der Waals surface area contributed by atoms with Crippen molar-refractivity contribution in [1.29, 1.82) is 0 Å². The first kappa shape index (κ1) is 14.2. The van der Waals surface area contributed by atoms with Gasteiger partial charge >= 0.3 is 5.30 Å². The Kier molecular flexibility index (Phi) is 3.77. The number of amides is 1. The molecule has 0 saturated carbocycles. The lowest BCUT2D eigenvalue weighted by Gasteiger charge is -2.38. The predicted octanol–water partition coefficient (Wildman–Crippen LogP) is 0.614. The van der Waals surface area contributed by atoms with Crippen molar-refractivity contribution in [2.75, 3.05) is 11.5 Å².